The highest BCUT2D eigenvalue weighted by Gasteiger charge is 2.31. The highest BCUT2D eigenvalue weighted by Crippen LogP contribution is 2.23. The van der Waals surface area contributed by atoms with Crippen LogP contribution in [0.1, 0.15) is 85.5 Å². The van der Waals surface area contributed by atoms with E-state index in [9.17, 15) is 59.6 Å². The zero-order valence-corrected chi connectivity index (χ0v) is 27.0. The molecule has 0 fully saturated rings. The molecule has 48 heavy (non-hydrogen) atoms. The van der Waals surface area contributed by atoms with Crippen LogP contribution in [0.4, 0.5) is 0 Å². The summed E-state index contributed by atoms with van der Waals surface area (Å²) >= 11 is 0. The Kier molecular flexibility index (Phi) is 21.6. The van der Waals surface area contributed by atoms with Gasteiger partial charge in [0.2, 0.25) is 6.04 Å². The lowest BCUT2D eigenvalue weighted by molar-refractivity contribution is -0.531. The van der Waals surface area contributed by atoms with Gasteiger partial charge in [0, 0.05) is 10.8 Å². The van der Waals surface area contributed by atoms with Crippen LogP contribution in [0.3, 0.4) is 0 Å². The van der Waals surface area contributed by atoms with Gasteiger partial charge in [0.15, 0.2) is 0 Å². The fourth-order valence-electron chi connectivity index (χ4n) is 4.54. The lowest BCUT2D eigenvalue weighted by atomic mass is 9.88. The Bertz CT molecular complexity index is 1230. The van der Waals surface area contributed by atoms with Gasteiger partial charge in [-0.25, -0.2) is 0 Å². The van der Waals surface area contributed by atoms with Gasteiger partial charge in [0.1, 0.15) is 25.7 Å². The van der Waals surface area contributed by atoms with Crippen LogP contribution in [0.25, 0.3) is 0 Å². The van der Waals surface area contributed by atoms with Crippen molar-refractivity contribution in [3.8, 4) is 0 Å². The van der Waals surface area contributed by atoms with Crippen molar-refractivity contribution >= 4 is 23.9 Å². The summed E-state index contributed by atoms with van der Waals surface area (Å²) in [5, 5.41) is 77.7. The minimum atomic E-state index is -1.32. The number of aliphatic carboxylic acids is 4. The van der Waals surface area contributed by atoms with Crippen LogP contribution in [-0.4, -0.2) is 70.0 Å². The first-order valence-electron chi connectivity index (χ1n) is 14.6. The van der Waals surface area contributed by atoms with Crippen molar-refractivity contribution < 1.29 is 59.3 Å². The number of hydrogen-bond acceptors (Lipinski definition) is 12. The van der Waals surface area contributed by atoms with Crippen molar-refractivity contribution in [1.29, 1.82) is 0 Å². The Hall–Kier alpha value is -5.30. The third kappa shape index (κ3) is 22.2. The second-order valence-corrected chi connectivity index (χ2v) is 11.5. The predicted molar refractivity (Wildman–Crippen MR) is 165 cm³/mol. The third-order valence-electron chi connectivity index (χ3n) is 6.86. The van der Waals surface area contributed by atoms with Gasteiger partial charge in [0.25, 0.3) is 17.1 Å². The Balaban J connectivity index is 0. The van der Waals surface area contributed by atoms with E-state index in [1.807, 2.05) is 13.8 Å². The second-order valence-electron chi connectivity index (χ2n) is 11.5. The second kappa shape index (κ2) is 23.1. The van der Waals surface area contributed by atoms with Gasteiger partial charge in [-0.05, 0) is 68.1 Å². The van der Waals surface area contributed by atoms with Crippen molar-refractivity contribution in [2.45, 2.75) is 91.5 Å². The highest BCUT2D eigenvalue weighted by molar-refractivity contribution is 5.70. The molecule has 0 aliphatic rings. The van der Waals surface area contributed by atoms with E-state index < -0.39 is 86.9 Å². The van der Waals surface area contributed by atoms with E-state index in [1.165, 1.54) is 18.2 Å². The Morgan fingerprint density at radius 2 is 0.833 bits per heavy atom. The third-order valence-corrected chi connectivity index (χ3v) is 6.86. The van der Waals surface area contributed by atoms with Crippen molar-refractivity contribution in [3.63, 3.8) is 0 Å². The van der Waals surface area contributed by atoms with Crippen LogP contribution in [0, 0.1) is 64.1 Å². The summed E-state index contributed by atoms with van der Waals surface area (Å²) < 4.78 is 0. The number of carboxylic acids is 4. The Morgan fingerprint density at radius 3 is 1.06 bits per heavy atom. The van der Waals surface area contributed by atoms with Gasteiger partial charge in [-0.2, -0.15) is 0 Å². The van der Waals surface area contributed by atoms with Crippen LogP contribution in [0.5, 0.6) is 0 Å². The molecule has 0 radical (unpaired) electrons. The normalized spacial score (nSPS) is 15.0. The molecule has 0 aromatic rings. The van der Waals surface area contributed by atoms with Crippen LogP contribution >= 0.6 is 0 Å². The molecule has 20 nitrogen and oxygen atoms in total. The van der Waals surface area contributed by atoms with Gasteiger partial charge in [0.05, 0.1) is 14.8 Å². The monoisotopic (exact) mass is 690 g/mol. The molecule has 0 saturated heterocycles. The first-order chi connectivity index (χ1) is 22.1. The standard InChI is InChI=1S/C15H22N2O8.C13H20N2O8/c1-10(3-5-12(16(22)23)8-14(18)19)7-11(2)4-6-13(17(24)25)9-15(20)21;1-8(3-4-10(14(20)21)6-12(16)17)5-9(2)11(15(22)23)7-13(18)19/h5-6,10-11H,3-4,7-9H2,1-2H3,(H,18,19)(H,20,21);4,8-9,11H,3,5-7H2,1-2H3,(H,16,17)(H,18,19)/b12-5-,13-6-;10-4-. The minimum absolute atomic E-state index is 0.00525. The quantitative estimate of drug-likeness (QED) is 0.0847. The molecule has 0 rings (SSSR count). The summed E-state index contributed by atoms with van der Waals surface area (Å²) in [5.74, 6) is -5.84. The first-order valence-corrected chi connectivity index (χ1v) is 14.6. The van der Waals surface area contributed by atoms with Crippen LogP contribution in [-0.2, 0) is 19.2 Å². The molecule has 4 N–H and O–H groups in total. The summed E-state index contributed by atoms with van der Waals surface area (Å²) in [6.07, 6.45) is 2.89. The number of nitro groups is 4. The number of carboxylic acid groups (broad SMARTS) is 4. The van der Waals surface area contributed by atoms with Crippen molar-refractivity contribution in [1.82, 2.24) is 0 Å². The number of allylic oxidation sites excluding steroid dienone is 3. The molecule has 0 aromatic heterocycles. The molecule has 0 spiro atoms. The molecule has 0 saturated carbocycles. The number of nitrogens with zero attached hydrogens (tertiary/aromatic N) is 4. The molecule has 5 unspecified atom stereocenters. The molecule has 0 bridgehead atoms. The molecule has 0 aliphatic heterocycles. The van der Waals surface area contributed by atoms with E-state index >= 15 is 0 Å². The maximum atomic E-state index is 10.9. The van der Waals surface area contributed by atoms with Crippen LogP contribution in [0.2, 0.25) is 0 Å². The molecule has 270 valence electrons. The average Bonchev–Trinajstić information content (AvgIpc) is 2.93. The fourth-order valence-corrected chi connectivity index (χ4v) is 4.54. The molecule has 0 aliphatic carbocycles. The van der Waals surface area contributed by atoms with Gasteiger partial charge in [-0.15, -0.1) is 0 Å². The van der Waals surface area contributed by atoms with E-state index in [0.717, 1.165) is 0 Å². The van der Waals surface area contributed by atoms with Crippen molar-refractivity contribution in [2.75, 3.05) is 0 Å². The number of hydrogen-bond donors (Lipinski definition) is 4. The van der Waals surface area contributed by atoms with Gasteiger partial charge >= 0.3 is 23.9 Å². The minimum Gasteiger partial charge on any atom is -0.481 e. The first kappa shape index (κ1) is 44.8. The van der Waals surface area contributed by atoms with E-state index in [-0.39, 0.29) is 35.6 Å². The largest absolute Gasteiger partial charge is 0.481 e. The smallest absolute Gasteiger partial charge is 0.314 e. The molecule has 5 atom stereocenters. The van der Waals surface area contributed by atoms with Gasteiger partial charge < -0.3 is 20.4 Å². The SMILES string of the molecule is CC(C/C=C(/CC(=O)O)[N+](=O)[O-])CC(C)C(CC(=O)O)[N+](=O)[O-].CC(C/C=C(/CC(=O)O)[N+](=O)[O-])CC(C)C/C=C(/CC(=O)O)[N+](=O)[O-]. The van der Waals surface area contributed by atoms with Crippen molar-refractivity contribution in [3.05, 3.63) is 75.8 Å². The van der Waals surface area contributed by atoms with E-state index in [1.54, 1.807) is 13.8 Å². The molecule has 0 amide bonds. The zero-order valence-electron chi connectivity index (χ0n) is 27.0. The summed E-state index contributed by atoms with van der Waals surface area (Å²) in [6.45, 7) is 6.94. The molecule has 20 heteroatoms. The number of rotatable bonds is 23. The maximum absolute atomic E-state index is 10.9. The van der Waals surface area contributed by atoms with Gasteiger partial charge in [-0.1, -0.05) is 27.7 Å². The van der Waals surface area contributed by atoms with E-state index in [0.29, 0.717) is 25.7 Å². The fraction of sp³-hybridized carbons (Fsp3) is 0.643. The molecular weight excluding hydrogens is 648 g/mol. The Morgan fingerprint density at radius 1 is 0.542 bits per heavy atom. The summed E-state index contributed by atoms with van der Waals surface area (Å²) in [4.78, 5) is 82.6. The predicted octanol–water partition coefficient (Wildman–Crippen LogP) is 4.49. The summed E-state index contributed by atoms with van der Waals surface area (Å²) in [6, 6.07) is -1.23. The zero-order chi connectivity index (χ0) is 37.7. The van der Waals surface area contributed by atoms with Crippen LogP contribution < -0.4 is 0 Å². The van der Waals surface area contributed by atoms with E-state index in [4.69, 9.17) is 20.4 Å². The Labute approximate surface area is 274 Å². The summed E-state index contributed by atoms with van der Waals surface area (Å²) in [5.41, 5.74) is -1.18. The van der Waals surface area contributed by atoms with E-state index in [2.05, 4.69) is 0 Å². The van der Waals surface area contributed by atoms with Crippen LogP contribution in [0.15, 0.2) is 35.3 Å². The molecule has 0 heterocycles. The summed E-state index contributed by atoms with van der Waals surface area (Å²) in [7, 11) is 0. The van der Waals surface area contributed by atoms with Gasteiger partial charge in [-0.3, -0.25) is 59.6 Å². The topological polar surface area (TPSA) is 322 Å². The molecule has 0 aromatic carbocycles. The number of carbonyl (C=O) groups is 4. The molecular formula is C28H42N4O16. The lowest BCUT2D eigenvalue weighted by Gasteiger charge is -2.18. The maximum Gasteiger partial charge on any atom is 0.314 e. The lowest BCUT2D eigenvalue weighted by Crippen LogP contribution is -2.31. The van der Waals surface area contributed by atoms with Crippen molar-refractivity contribution in [2.24, 2.45) is 23.7 Å². The average molecular weight is 691 g/mol. The highest BCUT2D eigenvalue weighted by atomic mass is 16.6.